The Bertz CT molecular complexity index is 1320. The van der Waals surface area contributed by atoms with Crippen LogP contribution >= 0.6 is 11.6 Å². The molecule has 2 atom stereocenters. The van der Waals surface area contributed by atoms with Gasteiger partial charge in [-0.05, 0) is 74.6 Å². The second-order valence-corrected chi connectivity index (χ2v) is 9.63. The maximum Gasteiger partial charge on any atom is 0.113 e. The van der Waals surface area contributed by atoms with E-state index in [1.54, 1.807) is 0 Å². The zero-order chi connectivity index (χ0) is 23.5. The molecule has 3 heterocycles. The van der Waals surface area contributed by atoms with Crippen molar-refractivity contribution in [1.82, 2.24) is 19.7 Å². The summed E-state index contributed by atoms with van der Waals surface area (Å²) in [6.07, 6.45) is 7.73. The van der Waals surface area contributed by atoms with Crippen LogP contribution in [0.4, 0.5) is 0 Å². The van der Waals surface area contributed by atoms with Crippen molar-refractivity contribution in [2.45, 2.75) is 51.7 Å². The van der Waals surface area contributed by atoms with Crippen molar-refractivity contribution >= 4 is 22.5 Å². The van der Waals surface area contributed by atoms with Crippen LogP contribution in [0.2, 0.25) is 5.02 Å². The second-order valence-electron chi connectivity index (χ2n) is 9.20. The molecular formula is C29H29ClN4. The molecule has 0 amide bonds. The Hall–Kier alpha value is -3.13. The van der Waals surface area contributed by atoms with Gasteiger partial charge in [0.05, 0.1) is 18.3 Å². The van der Waals surface area contributed by atoms with Gasteiger partial charge >= 0.3 is 0 Å². The van der Waals surface area contributed by atoms with Gasteiger partial charge in [-0.1, -0.05) is 42.1 Å². The number of benzene rings is 2. The number of aromatic nitrogens is 3. The smallest absolute Gasteiger partial charge is 0.113 e. The maximum absolute atomic E-state index is 5.98. The van der Waals surface area contributed by atoms with Crippen LogP contribution in [0.1, 0.15) is 44.4 Å². The van der Waals surface area contributed by atoms with Gasteiger partial charge in [0.2, 0.25) is 0 Å². The summed E-state index contributed by atoms with van der Waals surface area (Å²) in [6.45, 7) is 6.65. The summed E-state index contributed by atoms with van der Waals surface area (Å²) in [5, 5.41) is 6.51. The molecule has 0 aliphatic carbocycles. The van der Waals surface area contributed by atoms with Gasteiger partial charge in [-0.15, -0.1) is 0 Å². The van der Waals surface area contributed by atoms with Gasteiger partial charge in [0.15, 0.2) is 0 Å². The van der Waals surface area contributed by atoms with Crippen LogP contribution in [0.5, 0.6) is 0 Å². The van der Waals surface area contributed by atoms with E-state index in [2.05, 4.69) is 63.6 Å². The van der Waals surface area contributed by atoms with Crippen molar-refractivity contribution in [3.8, 4) is 23.0 Å². The first-order valence-corrected chi connectivity index (χ1v) is 12.4. The van der Waals surface area contributed by atoms with Crippen molar-refractivity contribution in [3.63, 3.8) is 0 Å². The van der Waals surface area contributed by atoms with Crippen molar-refractivity contribution < 1.29 is 0 Å². The van der Waals surface area contributed by atoms with E-state index in [0.717, 1.165) is 51.4 Å². The van der Waals surface area contributed by atoms with E-state index in [4.69, 9.17) is 11.6 Å². The first-order valence-electron chi connectivity index (χ1n) is 12.0. The van der Waals surface area contributed by atoms with E-state index in [0.29, 0.717) is 12.1 Å². The number of halogens is 1. The molecule has 172 valence electrons. The Kier molecular flexibility index (Phi) is 6.67. The normalized spacial score (nSPS) is 18.6. The fraction of sp³-hybridized carbons (Fsp3) is 0.310. The Balaban J connectivity index is 1.27. The van der Waals surface area contributed by atoms with Crippen LogP contribution in [-0.2, 0) is 6.54 Å². The molecule has 34 heavy (non-hydrogen) atoms. The SMILES string of the molecule is CC1CCCC(C)N1CCn1ncc2cc(C#Cc3ccc(-c4ccc(Cl)cc4)cn3)ccc21. The van der Waals surface area contributed by atoms with Crippen molar-refractivity contribution in [2.24, 2.45) is 0 Å². The summed E-state index contributed by atoms with van der Waals surface area (Å²) in [4.78, 5) is 7.14. The van der Waals surface area contributed by atoms with Crippen LogP contribution in [0, 0.1) is 11.8 Å². The third-order valence-electron chi connectivity index (χ3n) is 6.86. The van der Waals surface area contributed by atoms with E-state index < -0.39 is 0 Å². The fourth-order valence-electron chi connectivity index (χ4n) is 4.89. The molecule has 2 aromatic heterocycles. The topological polar surface area (TPSA) is 34.0 Å². The highest BCUT2D eigenvalue weighted by Crippen LogP contribution is 2.23. The quantitative estimate of drug-likeness (QED) is 0.324. The standard InChI is InChI=1S/C29H29ClN4/c1-21-4-3-5-22(2)33(21)16-17-34-29-15-7-23(18-26(29)20-32-34)6-13-28-14-10-25(19-31-28)24-8-11-27(30)12-9-24/h7-12,14-15,18-22H,3-5,16-17H2,1-2H3. The molecule has 0 saturated carbocycles. The second kappa shape index (κ2) is 10.0. The number of nitrogens with zero attached hydrogens (tertiary/aromatic N) is 4. The van der Waals surface area contributed by atoms with Gasteiger partial charge in [-0.25, -0.2) is 4.98 Å². The molecular weight excluding hydrogens is 440 g/mol. The Labute approximate surface area is 206 Å². The van der Waals surface area contributed by atoms with Gasteiger partial charge in [0.25, 0.3) is 0 Å². The van der Waals surface area contributed by atoms with E-state index in [1.807, 2.05) is 48.8 Å². The molecule has 0 bridgehead atoms. The lowest BCUT2D eigenvalue weighted by molar-refractivity contribution is 0.0983. The lowest BCUT2D eigenvalue weighted by Gasteiger charge is -2.38. The molecule has 1 aliphatic heterocycles. The molecule has 2 aromatic carbocycles. The highest BCUT2D eigenvalue weighted by Gasteiger charge is 2.24. The Morgan fingerprint density at radius 3 is 2.38 bits per heavy atom. The fourth-order valence-corrected chi connectivity index (χ4v) is 5.01. The van der Waals surface area contributed by atoms with E-state index in [1.165, 1.54) is 19.3 Å². The minimum Gasteiger partial charge on any atom is -0.296 e. The number of hydrogen-bond acceptors (Lipinski definition) is 3. The number of pyridine rings is 1. The number of hydrogen-bond donors (Lipinski definition) is 0. The lowest BCUT2D eigenvalue weighted by Crippen LogP contribution is -2.45. The predicted octanol–water partition coefficient (Wildman–Crippen LogP) is 6.41. The first-order chi connectivity index (χ1) is 16.6. The molecule has 4 nitrogen and oxygen atoms in total. The molecule has 0 N–H and O–H groups in total. The van der Waals surface area contributed by atoms with Crippen molar-refractivity contribution in [2.75, 3.05) is 6.54 Å². The Morgan fingerprint density at radius 1 is 0.882 bits per heavy atom. The van der Waals surface area contributed by atoms with Crippen LogP contribution in [0.15, 0.2) is 67.0 Å². The molecule has 5 heteroatoms. The summed E-state index contributed by atoms with van der Waals surface area (Å²) >= 11 is 5.98. The highest BCUT2D eigenvalue weighted by molar-refractivity contribution is 6.30. The summed E-state index contributed by atoms with van der Waals surface area (Å²) in [5.74, 6) is 6.43. The van der Waals surface area contributed by atoms with Crippen LogP contribution < -0.4 is 0 Å². The van der Waals surface area contributed by atoms with Gasteiger partial charge in [0, 0.05) is 46.4 Å². The molecule has 1 fully saturated rings. The third kappa shape index (κ3) is 5.01. The Morgan fingerprint density at radius 2 is 1.65 bits per heavy atom. The molecule has 0 spiro atoms. The predicted molar refractivity (Wildman–Crippen MR) is 140 cm³/mol. The summed E-state index contributed by atoms with van der Waals surface area (Å²) in [5.41, 5.74) is 5.01. The maximum atomic E-state index is 5.98. The van der Waals surface area contributed by atoms with Crippen molar-refractivity contribution in [1.29, 1.82) is 0 Å². The average molecular weight is 469 g/mol. The van der Waals surface area contributed by atoms with Crippen LogP contribution in [-0.4, -0.2) is 38.3 Å². The minimum atomic E-state index is 0.654. The first kappa shape index (κ1) is 22.7. The van der Waals surface area contributed by atoms with Gasteiger partial charge in [-0.2, -0.15) is 5.10 Å². The van der Waals surface area contributed by atoms with E-state index in [9.17, 15) is 0 Å². The highest BCUT2D eigenvalue weighted by atomic mass is 35.5. The van der Waals surface area contributed by atoms with Gasteiger partial charge in [-0.3, -0.25) is 9.58 Å². The summed E-state index contributed by atoms with van der Waals surface area (Å²) in [6, 6.07) is 19.4. The van der Waals surface area contributed by atoms with Crippen LogP contribution in [0.25, 0.3) is 22.0 Å². The third-order valence-corrected chi connectivity index (χ3v) is 7.12. The van der Waals surface area contributed by atoms with Gasteiger partial charge < -0.3 is 0 Å². The number of rotatable bonds is 4. The molecule has 4 aromatic rings. The number of fused-ring (bicyclic) bond motifs is 1. The average Bonchev–Trinajstić information content (AvgIpc) is 3.25. The molecule has 0 radical (unpaired) electrons. The summed E-state index contributed by atoms with van der Waals surface area (Å²) < 4.78 is 2.12. The zero-order valence-electron chi connectivity index (χ0n) is 19.7. The van der Waals surface area contributed by atoms with Crippen LogP contribution in [0.3, 0.4) is 0 Å². The molecule has 2 unspecified atom stereocenters. The summed E-state index contributed by atoms with van der Waals surface area (Å²) in [7, 11) is 0. The largest absolute Gasteiger partial charge is 0.296 e. The molecule has 1 saturated heterocycles. The monoisotopic (exact) mass is 468 g/mol. The number of likely N-dealkylation sites (tertiary alicyclic amines) is 1. The van der Waals surface area contributed by atoms with Gasteiger partial charge in [0.1, 0.15) is 5.69 Å². The van der Waals surface area contributed by atoms with Crippen molar-refractivity contribution in [3.05, 3.63) is 83.3 Å². The number of piperidine rings is 1. The van der Waals surface area contributed by atoms with E-state index >= 15 is 0 Å². The minimum absolute atomic E-state index is 0.654. The lowest BCUT2D eigenvalue weighted by atomic mass is 9.98. The molecule has 5 rings (SSSR count). The zero-order valence-corrected chi connectivity index (χ0v) is 20.5. The molecule has 1 aliphatic rings. The van der Waals surface area contributed by atoms with E-state index in [-0.39, 0.29) is 0 Å².